The minimum atomic E-state index is -0.322. The number of aromatic hydroxyl groups is 1. The van der Waals surface area contributed by atoms with Crippen LogP contribution in [0.3, 0.4) is 0 Å². The lowest BCUT2D eigenvalue weighted by Gasteiger charge is -2.31. The second-order valence-electron chi connectivity index (χ2n) is 7.81. The van der Waals surface area contributed by atoms with E-state index in [9.17, 15) is 15.2 Å². The van der Waals surface area contributed by atoms with Gasteiger partial charge in [-0.3, -0.25) is 4.79 Å². The van der Waals surface area contributed by atoms with Gasteiger partial charge in [0.25, 0.3) is 5.91 Å². The van der Waals surface area contributed by atoms with Gasteiger partial charge in [0.2, 0.25) is 0 Å². The van der Waals surface area contributed by atoms with E-state index in [1.165, 1.54) is 4.90 Å². The Balaban J connectivity index is 1.88. The summed E-state index contributed by atoms with van der Waals surface area (Å²) in [5, 5.41) is 20.2. The normalized spacial score (nSPS) is 13.2. The van der Waals surface area contributed by atoms with Crippen LogP contribution in [0.1, 0.15) is 33.1 Å². The monoisotopic (exact) mass is 437 g/mol. The number of ether oxygens (including phenoxy) is 1. The van der Waals surface area contributed by atoms with Crippen LogP contribution in [-0.4, -0.2) is 34.9 Å². The van der Waals surface area contributed by atoms with Crippen LogP contribution in [0.5, 0.6) is 5.75 Å². The number of phenols is 1. The molecule has 0 fully saturated rings. The van der Waals surface area contributed by atoms with E-state index in [1.54, 1.807) is 69.1 Å². The molecule has 164 valence electrons. The maximum absolute atomic E-state index is 12.4. The highest BCUT2D eigenvalue weighted by atomic mass is 16.5. The fraction of sp³-hybridized carbons (Fsp3) is 0.111. The third kappa shape index (κ3) is 4.43. The molecule has 1 aliphatic heterocycles. The van der Waals surface area contributed by atoms with Crippen molar-refractivity contribution in [3.05, 3.63) is 114 Å². The summed E-state index contributed by atoms with van der Waals surface area (Å²) in [5.74, 6) is 0.0452. The van der Waals surface area contributed by atoms with Crippen molar-refractivity contribution in [3.8, 4) is 22.9 Å². The van der Waals surface area contributed by atoms with E-state index in [-0.39, 0.29) is 17.7 Å². The van der Waals surface area contributed by atoms with Crippen molar-refractivity contribution in [1.29, 1.82) is 5.26 Å². The fourth-order valence-corrected chi connectivity index (χ4v) is 3.90. The molecule has 0 radical (unpaired) electrons. The summed E-state index contributed by atoms with van der Waals surface area (Å²) in [7, 11) is 3.44. The summed E-state index contributed by atoms with van der Waals surface area (Å²) in [5.41, 5.74) is 4.25. The van der Waals surface area contributed by atoms with Gasteiger partial charge >= 0.3 is 0 Å². The van der Waals surface area contributed by atoms with Crippen LogP contribution in [0.2, 0.25) is 0 Å². The molecule has 6 nitrogen and oxygen atoms in total. The minimum absolute atomic E-state index is 0.0735. The average molecular weight is 437 g/mol. The van der Waals surface area contributed by atoms with Crippen molar-refractivity contribution >= 4 is 5.91 Å². The van der Waals surface area contributed by atoms with Crippen LogP contribution in [0.25, 0.3) is 11.1 Å². The van der Waals surface area contributed by atoms with Crippen molar-refractivity contribution in [2.45, 2.75) is 6.04 Å². The smallest absolute Gasteiger partial charge is 0.253 e. The number of hydrogen-bond donors (Lipinski definition) is 1. The van der Waals surface area contributed by atoms with Crippen molar-refractivity contribution < 1.29 is 14.6 Å². The molecule has 0 saturated carbocycles. The third-order valence-electron chi connectivity index (χ3n) is 5.45. The van der Waals surface area contributed by atoms with E-state index in [1.807, 2.05) is 41.6 Å². The summed E-state index contributed by atoms with van der Waals surface area (Å²) in [4.78, 5) is 15.9. The van der Waals surface area contributed by atoms with Gasteiger partial charge in [-0.1, -0.05) is 36.4 Å². The highest BCUT2D eigenvalue weighted by Crippen LogP contribution is 2.41. The molecule has 1 unspecified atom stereocenters. The summed E-state index contributed by atoms with van der Waals surface area (Å²) in [6.45, 7) is 0. The van der Waals surface area contributed by atoms with Crippen LogP contribution in [-0.2, 0) is 4.74 Å². The van der Waals surface area contributed by atoms with E-state index in [4.69, 9.17) is 4.74 Å². The molecule has 1 amide bonds. The van der Waals surface area contributed by atoms with Crippen LogP contribution < -0.4 is 0 Å². The second-order valence-corrected chi connectivity index (χ2v) is 7.81. The first-order chi connectivity index (χ1) is 16.0. The number of carbonyl (C=O) groups excluding carboxylic acids is 1. The van der Waals surface area contributed by atoms with Gasteiger partial charge in [0.1, 0.15) is 18.3 Å². The lowest BCUT2D eigenvalue weighted by Crippen LogP contribution is -2.23. The Morgan fingerprint density at radius 2 is 1.73 bits per heavy atom. The van der Waals surface area contributed by atoms with Gasteiger partial charge in [-0.05, 0) is 47.0 Å². The Labute approximate surface area is 192 Å². The molecule has 1 aliphatic rings. The second kappa shape index (κ2) is 9.33. The van der Waals surface area contributed by atoms with Crippen LogP contribution in [0, 0.1) is 11.3 Å². The molecule has 1 N–H and O–H groups in total. The largest absolute Gasteiger partial charge is 0.507 e. The standard InChI is InChI=1S/C27H23N3O3/c1-29(2)27(32)21-11-9-20(10-12-21)26(30-13-15-33-16-14-30)23-7-4-8-24(31)25(23)22-6-3-5-19(17-22)18-28/h3-17,26,31H,1-2H3. The van der Waals surface area contributed by atoms with Gasteiger partial charge < -0.3 is 19.6 Å². The zero-order valence-corrected chi connectivity index (χ0v) is 18.3. The van der Waals surface area contributed by atoms with Gasteiger partial charge in [-0.2, -0.15) is 5.26 Å². The molecule has 0 aromatic heterocycles. The third-order valence-corrected chi connectivity index (χ3v) is 5.45. The van der Waals surface area contributed by atoms with E-state index in [0.717, 1.165) is 16.7 Å². The number of nitriles is 1. The quantitative estimate of drug-likeness (QED) is 0.608. The van der Waals surface area contributed by atoms with Crippen LogP contribution in [0.4, 0.5) is 0 Å². The SMILES string of the molecule is CN(C)C(=O)c1ccc(C(c2cccc(O)c2-c2cccc(C#N)c2)N2C=COC=C2)cc1. The van der Waals surface area contributed by atoms with Crippen molar-refractivity contribution in [2.24, 2.45) is 0 Å². The number of hydrogen-bond acceptors (Lipinski definition) is 5. The predicted molar refractivity (Wildman–Crippen MR) is 126 cm³/mol. The molecule has 33 heavy (non-hydrogen) atoms. The number of phenolic OH excluding ortho intramolecular Hbond substituents is 1. The Morgan fingerprint density at radius 1 is 1.03 bits per heavy atom. The first kappa shape index (κ1) is 21.7. The van der Waals surface area contributed by atoms with E-state index >= 15 is 0 Å². The lowest BCUT2D eigenvalue weighted by atomic mass is 9.88. The Hall–Kier alpha value is -4.50. The Bertz CT molecular complexity index is 1260. The van der Waals surface area contributed by atoms with Crippen molar-refractivity contribution in [3.63, 3.8) is 0 Å². The van der Waals surface area contributed by atoms with Gasteiger partial charge in [0.05, 0.1) is 17.7 Å². The molecule has 3 aromatic rings. The topological polar surface area (TPSA) is 76.8 Å². The number of benzene rings is 3. The first-order valence-electron chi connectivity index (χ1n) is 10.4. The zero-order chi connectivity index (χ0) is 23.4. The molecule has 0 saturated heterocycles. The molecular weight excluding hydrogens is 414 g/mol. The van der Waals surface area contributed by atoms with Gasteiger partial charge in [0, 0.05) is 37.6 Å². The summed E-state index contributed by atoms with van der Waals surface area (Å²) < 4.78 is 5.23. The summed E-state index contributed by atoms with van der Waals surface area (Å²) in [6, 6.07) is 21.8. The first-order valence-corrected chi connectivity index (χ1v) is 10.4. The highest BCUT2D eigenvalue weighted by Gasteiger charge is 2.25. The minimum Gasteiger partial charge on any atom is -0.507 e. The maximum Gasteiger partial charge on any atom is 0.253 e. The van der Waals surface area contributed by atoms with Gasteiger partial charge in [-0.25, -0.2) is 0 Å². The van der Waals surface area contributed by atoms with Gasteiger partial charge in [0.15, 0.2) is 0 Å². The molecule has 0 bridgehead atoms. The predicted octanol–water partition coefficient (Wildman–Crippen LogP) is 5.00. The molecule has 1 atom stereocenters. The zero-order valence-electron chi connectivity index (χ0n) is 18.3. The Kier molecular flexibility index (Phi) is 6.14. The van der Waals surface area contributed by atoms with E-state index < -0.39 is 0 Å². The summed E-state index contributed by atoms with van der Waals surface area (Å²) in [6.07, 6.45) is 6.78. The number of amides is 1. The van der Waals surface area contributed by atoms with Crippen molar-refractivity contribution in [1.82, 2.24) is 9.80 Å². The number of nitrogens with zero attached hydrogens (tertiary/aromatic N) is 3. The number of carbonyl (C=O) groups is 1. The molecular formula is C27H23N3O3. The van der Waals surface area contributed by atoms with Crippen LogP contribution in [0.15, 0.2) is 91.7 Å². The molecule has 6 heteroatoms. The lowest BCUT2D eigenvalue weighted by molar-refractivity contribution is 0.0827. The van der Waals surface area contributed by atoms with Gasteiger partial charge in [-0.15, -0.1) is 0 Å². The molecule has 0 aliphatic carbocycles. The average Bonchev–Trinajstić information content (AvgIpc) is 2.85. The molecule has 0 spiro atoms. The number of rotatable bonds is 5. The van der Waals surface area contributed by atoms with Crippen LogP contribution >= 0.6 is 0 Å². The Morgan fingerprint density at radius 3 is 2.39 bits per heavy atom. The van der Waals surface area contributed by atoms with E-state index in [0.29, 0.717) is 16.7 Å². The maximum atomic E-state index is 12.4. The summed E-state index contributed by atoms with van der Waals surface area (Å²) >= 11 is 0. The molecule has 3 aromatic carbocycles. The van der Waals surface area contributed by atoms with Crippen molar-refractivity contribution in [2.75, 3.05) is 14.1 Å². The fourth-order valence-electron chi connectivity index (χ4n) is 3.90. The van der Waals surface area contributed by atoms with E-state index in [2.05, 4.69) is 6.07 Å². The highest BCUT2D eigenvalue weighted by molar-refractivity contribution is 5.93. The molecule has 1 heterocycles. The molecule has 4 rings (SSSR count).